The number of nitrogens with zero attached hydrogens (tertiary/aromatic N) is 1. The lowest BCUT2D eigenvalue weighted by molar-refractivity contribution is -0.139. The number of carboxylic acid groups (broad SMARTS) is 1. The Morgan fingerprint density at radius 2 is 2.12 bits per heavy atom. The molecule has 1 unspecified atom stereocenters. The molecule has 1 aromatic carbocycles. The lowest BCUT2D eigenvalue weighted by atomic mass is 9.94. The van der Waals surface area contributed by atoms with Crippen LogP contribution in [0.1, 0.15) is 18.5 Å². The molecule has 2 heterocycles. The number of hydrogen-bond donors (Lipinski definition) is 2. The van der Waals surface area contributed by atoms with E-state index in [-0.39, 0.29) is 25.4 Å². The average molecular weight is 381 g/mol. The van der Waals surface area contributed by atoms with E-state index in [1.165, 1.54) is 11.3 Å². The number of hydrogen-bond acceptors (Lipinski definition) is 5. The van der Waals surface area contributed by atoms with Gasteiger partial charge in [-0.05, 0) is 18.6 Å². The lowest BCUT2D eigenvalue weighted by Gasteiger charge is -2.26. The van der Waals surface area contributed by atoms with Gasteiger partial charge in [0.25, 0.3) is 0 Å². The molecular formula is C17H17ClN2O4S. The number of benzene rings is 1. The first-order valence-corrected chi connectivity index (χ1v) is 9.02. The summed E-state index contributed by atoms with van der Waals surface area (Å²) in [4.78, 5) is 27.9. The molecule has 8 heteroatoms. The van der Waals surface area contributed by atoms with E-state index < -0.39 is 11.5 Å². The largest absolute Gasteiger partial charge is 0.481 e. The van der Waals surface area contributed by atoms with Crippen molar-refractivity contribution in [3.8, 4) is 10.6 Å². The zero-order valence-electron chi connectivity index (χ0n) is 13.3. The van der Waals surface area contributed by atoms with E-state index >= 15 is 0 Å². The Balaban J connectivity index is 1.65. The summed E-state index contributed by atoms with van der Waals surface area (Å²) in [5.41, 5.74) is 0.766. The quantitative estimate of drug-likeness (QED) is 0.804. The number of ether oxygens (including phenoxy) is 1. The fourth-order valence-corrected chi connectivity index (χ4v) is 3.75. The topological polar surface area (TPSA) is 88.5 Å². The van der Waals surface area contributed by atoms with Gasteiger partial charge in [-0.15, -0.1) is 11.3 Å². The van der Waals surface area contributed by atoms with Crippen molar-refractivity contribution in [2.45, 2.75) is 24.8 Å². The number of halogens is 1. The van der Waals surface area contributed by atoms with Gasteiger partial charge in [-0.25, -0.2) is 4.98 Å². The standard InChI is InChI=1S/C17H17ClN2O4S/c18-12-3-1-11(2-4-12)16-19-13(9-25-16)7-14(21)20-17(8-15(22)23)5-6-24-10-17/h1-4,9H,5-8,10H2,(H,20,21)(H,22,23). The van der Waals surface area contributed by atoms with E-state index in [1.807, 2.05) is 17.5 Å². The molecule has 0 spiro atoms. The third-order valence-electron chi connectivity index (χ3n) is 3.98. The maximum absolute atomic E-state index is 12.3. The van der Waals surface area contributed by atoms with Crippen molar-refractivity contribution < 1.29 is 19.4 Å². The molecule has 132 valence electrons. The number of aromatic nitrogens is 1. The highest BCUT2D eigenvalue weighted by Gasteiger charge is 2.38. The minimum Gasteiger partial charge on any atom is -0.481 e. The summed E-state index contributed by atoms with van der Waals surface area (Å²) in [6.45, 7) is 0.670. The van der Waals surface area contributed by atoms with E-state index in [4.69, 9.17) is 21.4 Å². The Hall–Kier alpha value is -1.96. The molecule has 1 atom stereocenters. The Kier molecular flexibility index (Phi) is 5.36. The van der Waals surface area contributed by atoms with E-state index in [2.05, 4.69) is 10.3 Å². The summed E-state index contributed by atoms with van der Waals surface area (Å²) in [5, 5.41) is 15.2. The number of rotatable bonds is 6. The van der Waals surface area contributed by atoms with Crippen molar-refractivity contribution in [2.75, 3.05) is 13.2 Å². The number of nitrogens with one attached hydrogen (secondary N) is 1. The first-order chi connectivity index (χ1) is 12.0. The van der Waals surface area contributed by atoms with E-state index in [0.717, 1.165) is 10.6 Å². The van der Waals surface area contributed by atoms with Crippen LogP contribution in [0.25, 0.3) is 10.6 Å². The third-order valence-corrected chi connectivity index (χ3v) is 5.17. The SMILES string of the molecule is O=C(O)CC1(NC(=O)Cc2csc(-c3ccc(Cl)cc3)n2)CCOC1. The molecule has 0 saturated carbocycles. The molecule has 1 saturated heterocycles. The van der Waals surface area contributed by atoms with Gasteiger partial charge in [-0.1, -0.05) is 23.7 Å². The molecule has 1 amide bonds. The molecule has 1 fully saturated rings. The molecule has 1 aromatic heterocycles. The van der Waals surface area contributed by atoms with Gasteiger partial charge in [0.15, 0.2) is 0 Å². The van der Waals surface area contributed by atoms with Gasteiger partial charge in [0.1, 0.15) is 5.01 Å². The second-order valence-electron chi connectivity index (χ2n) is 6.03. The van der Waals surface area contributed by atoms with Gasteiger partial charge in [0.05, 0.1) is 30.7 Å². The molecule has 1 aliphatic heterocycles. The predicted molar refractivity (Wildman–Crippen MR) is 94.8 cm³/mol. The van der Waals surface area contributed by atoms with Gasteiger partial charge >= 0.3 is 5.97 Å². The Labute approximate surface area is 153 Å². The van der Waals surface area contributed by atoms with Gasteiger partial charge < -0.3 is 15.2 Å². The fourth-order valence-electron chi connectivity index (χ4n) is 2.80. The first kappa shape index (κ1) is 17.8. The second kappa shape index (κ2) is 7.51. The lowest BCUT2D eigenvalue weighted by Crippen LogP contribution is -2.51. The van der Waals surface area contributed by atoms with E-state index in [0.29, 0.717) is 23.7 Å². The highest BCUT2D eigenvalue weighted by atomic mass is 35.5. The molecule has 1 aliphatic rings. The summed E-state index contributed by atoms with van der Waals surface area (Å²) in [6, 6.07) is 7.34. The van der Waals surface area contributed by atoms with Crippen LogP contribution < -0.4 is 5.32 Å². The number of thiazole rings is 1. The minimum atomic E-state index is -0.954. The van der Waals surface area contributed by atoms with Crippen molar-refractivity contribution >= 4 is 34.8 Å². The highest BCUT2D eigenvalue weighted by molar-refractivity contribution is 7.13. The van der Waals surface area contributed by atoms with Crippen LogP contribution in [0.5, 0.6) is 0 Å². The van der Waals surface area contributed by atoms with Crippen molar-refractivity contribution in [3.05, 3.63) is 40.4 Å². The van der Waals surface area contributed by atoms with Crippen LogP contribution in [0.15, 0.2) is 29.6 Å². The predicted octanol–water partition coefficient (Wildman–Crippen LogP) is 2.76. The van der Waals surface area contributed by atoms with E-state index in [9.17, 15) is 9.59 Å². The van der Waals surface area contributed by atoms with Crippen LogP contribution >= 0.6 is 22.9 Å². The number of carbonyl (C=O) groups is 2. The number of carbonyl (C=O) groups excluding carboxylic acids is 1. The molecule has 2 aromatic rings. The van der Waals surface area contributed by atoms with Crippen molar-refractivity contribution in [1.29, 1.82) is 0 Å². The molecule has 25 heavy (non-hydrogen) atoms. The summed E-state index contributed by atoms with van der Waals surface area (Å²) < 4.78 is 5.28. The molecule has 3 rings (SSSR count). The van der Waals surface area contributed by atoms with Crippen molar-refractivity contribution in [1.82, 2.24) is 10.3 Å². The first-order valence-electron chi connectivity index (χ1n) is 7.77. The zero-order valence-corrected chi connectivity index (χ0v) is 14.9. The summed E-state index contributed by atoms with van der Waals surface area (Å²) in [7, 11) is 0. The van der Waals surface area contributed by atoms with Crippen LogP contribution in [-0.4, -0.2) is 40.7 Å². The maximum atomic E-state index is 12.3. The maximum Gasteiger partial charge on any atom is 0.305 e. The highest BCUT2D eigenvalue weighted by Crippen LogP contribution is 2.26. The third kappa shape index (κ3) is 4.56. The Bertz CT molecular complexity index is 769. The van der Waals surface area contributed by atoms with Gasteiger partial charge in [-0.3, -0.25) is 9.59 Å². The van der Waals surface area contributed by atoms with Crippen molar-refractivity contribution in [2.24, 2.45) is 0 Å². The monoisotopic (exact) mass is 380 g/mol. The molecule has 0 aliphatic carbocycles. The van der Waals surface area contributed by atoms with Gasteiger partial charge in [-0.2, -0.15) is 0 Å². The summed E-state index contributed by atoms with van der Waals surface area (Å²) in [6.07, 6.45) is 0.454. The zero-order chi connectivity index (χ0) is 17.9. The average Bonchev–Trinajstić information content (AvgIpc) is 3.17. The molecular weight excluding hydrogens is 364 g/mol. The van der Waals surface area contributed by atoms with Crippen LogP contribution in [0.4, 0.5) is 0 Å². The Morgan fingerprint density at radius 1 is 1.36 bits per heavy atom. The number of amides is 1. The molecule has 6 nitrogen and oxygen atoms in total. The van der Waals surface area contributed by atoms with E-state index in [1.54, 1.807) is 12.1 Å². The smallest absolute Gasteiger partial charge is 0.305 e. The van der Waals surface area contributed by atoms with Crippen LogP contribution in [0.2, 0.25) is 5.02 Å². The summed E-state index contributed by atoms with van der Waals surface area (Å²) >= 11 is 7.33. The summed E-state index contributed by atoms with van der Waals surface area (Å²) in [5.74, 6) is -1.20. The fraction of sp³-hybridized carbons (Fsp3) is 0.353. The molecule has 0 radical (unpaired) electrons. The van der Waals surface area contributed by atoms with Crippen molar-refractivity contribution in [3.63, 3.8) is 0 Å². The van der Waals surface area contributed by atoms with Crippen LogP contribution in [-0.2, 0) is 20.7 Å². The van der Waals surface area contributed by atoms with Crippen LogP contribution in [0, 0.1) is 0 Å². The van der Waals surface area contributed by atoms with Gasteiger partial charge in [0.2, 0.25) is 5.91 Å². The second-order valence-corrected chi connectivity index (χ2v) is 7.32. The molecule has 0 bridgehead atoms. The molecule has 2 N–H and O–H groups in total. The van der Waals surface area contributed by atoms with Crippen LogP contribution in [0.3, 0.4) is 0 Å². The number of carboxylic acids is 1. The van der Waals surface area contributed by atoms with Gasteiger partial charge in [0, 0.05) is 22.6 Å². The minimum absolute atomic E-state index is 0.103. The number of aliphatic carboxylic acids is 1. The normalized spacial score (nSPS) is 19.7. The Morgan fingerprint density at radius 3 is 2.76 bits per heavy atom.